The maximum Gasteiger partial charge on any atom is 0.339 e. The first-order chi connectivity index (χ1) is 38.8. The molecule has 0 spiro atoms. The number of esters is 5. The van der Waals surface area contributed by atoms with Crippen molar-refractivity contribution in [2.75, 3.05) is 26.4 Å². The summed E-state index contributed by atoms with van der Waals surface area (Å²) in [7, 11) is 0. The molecule has 81 heavy (non-hydrogen) atoms. The van der Waals surface area contributed by atoms with Crippen LogP contribution in [0.25, 0.3) is 0 Å². The first-order valence-electron chi connectivity index (χ1n) is 30.7. The molecule has 0 aromatic rings. The number of hydrogen-bond acceptors (Lipinski definition) is 21. The summed E-state index contributed by atoms with van der Waals surface area (Å²) in [6.07, 6.45) is 27.1. The summed E-state index contributed by atoms with van der Waals surface area (Å²) in [4.78, 5) is 99.6. The Hall–Kier alpha value is -3.99. The largest absolute Gasteiger partial charge is 0.463 e. The lowest BCUT2D eigenvalue weighted by molar-refractivity contribution is -0.339. The Morgan fingerprint density at radius 1 is 0.358 bits per heavy atom. The Morgan fingerprint density at radius 2 is 0.778 bits per heavy atom. The van der Waals surface area contributed by atoms with Gasteiger partial charge in [0.1, 0.15) is 44.7 Å². The molecule has 0 fully saturated rings. The van der Waals surface area contributed by atoms with Crippen LogP contribution < -0.4 is 0 Å². The fourth-order valence-electron chi connectivity index (χ4n) is 8.59. The lowest BCUT2D eigenvalue weighted by Gasteiger charge is -2.19. The molecule has 0 aliphatic heterocycles. The smallest absolute Gasteiger partial charge is 0.339 e. The molecular weight excluding hydrogens is 1060 g/mol. The highest BCUT2D eigenvalue weighted by atomic mass is 17.2. The number of rotatable bonds is 54. The molecule has 476 valence electrons. The van der Waals surface area contributed by atoms with E-state index in [0.29, 0.717) is 38.5 Å². The third-order valence-electron chi connectivity index (χ3n) is 13.0. The zero-order valence-electron chi connectivity index (χ0n) is 50.6. The topological polar surface area (TPSA) is 304 Å². The van der Waals surface area contributed by atoms with E-state index in [1.807, 2.05) is 0 Å². The van der Waals surface area contributed by atoms with Gasteiger partial charge in [-0.15, -0.1) is 0 Å². The van der Waals surface area contributed by atoms with Gasteiger partial charge in [-0.1, -0.05) is 155 Å². The summed E-state index contributed by atoms with van der Waals surface area (Å²) in [5.41, 5.74) is 0. The van der Waals surface area contributed by atoms with Crippen LogP contribution in [0.3, 0.4) is 0 Å². The van der Waals surface area contributed by atoms with E-state index < -0.39 is 66.5 Å². The standard InChI is InChI=1S/C33H58O12.C27H52O9/c1-6-7-8-9-10-11-12-13-14-15-16-17-20-30(41-26(2)34)21-18-19-22-31(42-27(3)35)23-33(38)39-24-32(45-44-29(5)37)25-40-43-28(4)36;1-2-3-15-22(28)16-11-10-12-17-24(30)27(34)36-21-23(29)20-35-26(33)19-14-9-7-5-4-6-8-13-18-25(31)32/h30-32H,6-25H2,1-5H3;22-25,28-32H,2-21H2,1H3. The minimum Gasteiger partial charge on any atom is -0.463 e. The Kier molecular flexibility index (Phi) is 55.1. The molecule has 21 heteroatoms. The molecule has 0 amide bonds. The quantitative estimate of drug-likeness (QED) is 0.00944. The van der Waals surface area contributed by atoms with Crippen molar-refractivity contribution in [3.05, 3.63) is 0 Å². The summed E-state index contributed by atoms with van der Waals surface area (Å²) >= 11 is 0. The minimum atomic E-state index is -1.25. The van der Waals surface area contributed by atoms with Crippen LogP contribution in [0.15, 0.2) is 0 Å². The zero-order valence-corrected chi connectivity index (χ0v) is 50.6. The maximum absolute atomic E-state index is 12.5. The van der Waals surface area contributed by atoms with Crippen LogP contribution in [0, 0.1) is 0 Å². The average molecular weight is 1170 g/mol. The first kappa shape index (κ1) is 79.1. The molecule has 0 aromatic carbocycles. The molecule has 5 N–H and O–H groups in total. The fraction of sp³-hybridized carbons (Fsp3) is 0.883. The van der Waals surface area contributed by atoms with Crippen LogP contribution in [0.1, 0.15) is 273 Å². The van der Waals surface area contributed by atoms with Crippen LogP contribution in [-0.2, 0) is 76.8 Å². The number of aliphatic hydroxyl groups is 5. The van der Waals surface area contributed by atoms with Crippen LogP contribution in [-0.4, -0.2) is 137 Å². The fourth-order valence-corrected chi connectivity index (χ4v) is 8.59. The maximum atomic E-state index is 12.5. The van der Waals surface area contributed by atoms with Crippen molar-refractivity contribution in [2.45, 2.75) is 316 Å². The second kappa shape index (κ2) is 56.5. The lowest BCUT2D eigenvalue weighted by atomic mass is 10.0. The minimum absolute atomic E-state index is 0.161. The van der Waals surface area contributed by atoms with Crippen molar-refractivity contribution < 1.29 is 102 Å². The molecule has 0 saturated carbocycles. The highest BCUT2D eigenvalue weighted by molar-refractivity contribution is 5.74. The van der Waals surface area contributed by atoms with E-state index in [-0.39, 0.29) is 63.9 Å². The van der Waals surface area contributed by atoms with Crippen LogP contribution in [0.4, 0.5) is 0 Å². The third kappa shape index (κ3) is 59.0. The number of aliphatic hydroxyl groups excluding tert-OH is 4. The van der Waals surface area contributed by atoms with E-state index in [1.165, 1.54) is 78.1 Å². The molecule has 0 aliphatic carbocycles. The molecule has 0 aliphatic rings. The Labute approximate surface area is 484 Å². The summed E-state index contributed by atoms with van der Waals surface area (Å²) < 4.78 is 26.0. The summed E-state index contributed by atoms with van der Waals surface area (Å²) in [6.45, 7) is 7.92. The SMILES string of the molecule is CCCCC(O)CCCCCC(O)C(=O)OCC(O)COC(=O)CCCCCCCCCCC(O)O.CCCCCCCCCCCCCCC(CCCCC(CC(=O)OCC(COOC(C)=O)OOC(C)=O)OC(C)=O)OC(C)=O. The van der Waals surface area contributed by atoms with Crippen molar-refractivity contribution >= 4 is 41.8 Å². The normalized spacial score (nSPS) is 13.4. The van der Waals surface area contributed by atoms with Crippen LogP contribution in [0.5, 0.6) is 0 Å². The van der Waals surface area contributed by atoms with Gasteiger partial charge in [0.15, 0.2) is 18.5 Å². The van der Waals surface area contributed by atoms with Gasteiger partial charge in [-0.25, -0.2) is 14.4 Å². The van der Waals surface area contributed by atoms with Crippen LogP contribution in [0.2, 0.25) is 0 Å². The van der Waals surface area contributed by atoms with E-state index >= 15 is 0 Å². The van der Waals surface area contributed by atoms with Gasteiger partial charge in [-0.3, -0.25) is 29.0 Å². The van der Waals surface area contributed by atoms with Crippen LogP contribution >= 0.6 is 0 Å². The van der Waals surface area contributed by atoms with E-state index in [2.05, 4.69) is 28.5 Å². The second-order valence-corrected chi connectivity index (χ2v) is 21.2. The highest BCUT2D eigenvalue weighted by Gasteiger charge is 2.23. The molecule has 0 radical (unpaired) electrons. The predicted octanol–water partition coefficient (Wildman–Crippen LogP) is 10.3. The van der Waals surface area contributed by atoms with Crippen molar-refractivity contribution in [1.82, 2.24) is 0 Å². The predicted molar refractivity (Wildman–Crippen MR) is 302 cm³/mol. The molecule has 0 aromatic heterocycles. The molecule has 0 rings (SSSR count). The van der Waals surface area contributed by atoms with E-state index in [9.17, 15) is 48.9 Å². The summed E-state index contributed by atoms with van der Waals surface area (Å²) in [5, 5.41) is 47.1. The molecule has 6 unspecified atom stereocenters. The van der Waals surface area contributed by atoms with Gasteiger partial charge in [0, 0.05) is 34.1 Å². The van der Waals surface area contributed by atoms with Crippen molar-refractivity contribution in [3.8, 4) is 0 Å². The Bertz CT molecular complexity index is 1560. The zero-order chi connectivity index (χ0) is 60.7. The second-order valence-electron chi connectivity index (χ2n) is 21.2. The summed E-state index contributed by atoms with van der Waals surface area (Å²) in [5.74, 6) is -4.13. The molecule has 6 atom stereocenters. The number of unbranched alkanes of at least 4 members (excludes halogenated alkanes) is 22. The Morgan fingerprint density at radius 3 is 1.31 bits per heavy atom. The van der Waals surface area contributed by atoms with Gasteiger partial charge >= 0.3 is 41.8 Å². The number of ether oxygens (including phenoxy) is 5. The summed E-state index contributed by atoms with van der Waals surface area (Å²) in [6, 6.07) is 0. The molecule has 0 heterocycles. The number of hydrogen-bond donors (Lipinski definition) is 5. The van der Waals surface area contributed by atoms with Crippen molar-refractivity contribution in [2.24, 2.45) is 0 Å². The van der Waals surface area contributed by atoms with E-state index in [1.54, 1.807) is 0 Å². The van der Waals surface area contributed by atoms with Gasteiger partial charge in [-0.05, 0) is 77.0 Å². The lowest BCUT2D eigenvalue weighted by Crippen LogP contribution is -2.30. The van der Waals surface area contributed by atoms with Crippen molar-refractivity contribution in [1.29, 1.82) is 0 Å². The molecule has 0 saturated heterocycles. The van der Waals surface area contributed by atoms with Gasteiger partial charge in [0.25, 0.3) is 0 Å². The molecule has 0 bridgehead atoms. The van der Waals surface area contributed by atoms with Crippen molar-refractivity contribution in [3.63, 3.8) is 0 Å². The van der Waals surface area contributed by atoms with E-state index in [0.717, 1.165) is 123 Å². The number of carbonyl (C=O) groups excluding carboxylic acids is 7. The monoisotopic (exact) mass is 1170 g/mol. The molecular formula is C60H110O21. The third-order valence-corrected chi connectivity index (χ3v) is 13.0. The highest BCUT2D eigenvalue weighted by Crippen LogP contribution is 2.20. The molecule has 21 nitrogen and oxygen atoms in total. The average Bonchev–Trinajstić information content (AvgIpc) is 3.40. The Balaban J connectivity index is 0. The van der Waals surface area contributed by atoms with Gasteiger partial charge in [0.2, 0.25) is 0 Å². The van der Waals surface area contributed by atoms with Gasteiger partial charge in [0.05, 0.1) is 12.5 Å². The van der Waals surface area contributed by atoms with Gasteiger partial charge in [-0.2, -0.15) is 9.78 Å². The van der Waals surface area contributed by atoms with Gasteiger partial charge < -0.3 is 49.2 Å². The number of carbonyl (C=O) groups is 7. The first-order valence-corrected chi connectivity index (χ1v) is 30.7. The van der Waals surface area contributed by atoms with E-state index in [4.69, 9.17) is 38.8 Å².